The second-order valence-corrected chi connectivity index (χ2v) is 9.71. The molecule has 10 nitrogen and oxygen atoms in total. The van der Waals surface area contributed by atoms with Crippen LogP contribution in [0.25, 0.3) is 0 Å². The molecule has 32 heavy (non-hydrogen) atoms. The zero-order chi connectivity index (χ0) is 23.6. The molecule has 0 saturated carbocycles. The van der Waals surface area contributed by atoms with E-state index in [2.05, 4.69) is 10.1 Å². The summed E-state index contributed by atoms with van der Waals surface area (Å²) in [7, 11) is 0. The number of nitrogens with zero attached hydrogens (tertiary/aromatic N) is 1. The summed E-state index contributed by atoms with van der Waals surface area (Å²) in [6.07, 6.45) is -2.14. The molecular formula is C21H27N3O7S. The fraction of sp³-hybridized carbons (Fsp3) is 0.524. The summed E-state index contributed by atoms with van der Waals surface area (Å²) >= 11 is 1.38. The van der Waals surface area contributed by atoms with Gasteiger partial charge in [0.2, 0.25) is 18.1 Å². The minimum atomic E-state index is -1.18. The maximum Gasteiger partial charge on any atom is 0.511 e. The number of ether oxygens (including phenoxy) is 3. The molecule has 5 atom stereocenters. The number of carbonyl (C=O) groups excluding carboxylic acids is 4. The van der Waals surface area contributed by atoms with Gasteiger partial charge >= 0.3 is 12.1 Å². The Morgan fingerprint density at radius 3 is 2.50 bits per heavy atom. The molecule has 0 bridgehead atoms. The summed E-state index contributed by atoms with van der Waals surface area (Å²) in [4.78, 5) is 51.0. The third-order valence-electron chi connectivity index (χ3n) is 5.21. The summed E-state index contributed by atoms with van der Waals surface area (Å²) in [6, 6.07) is 6.21. The molecule has 3 rings (SSSR count). The summed E-state index contributed by atoms with van der Waals surface area (Å²) in [5, 5.41) is 2.26. The average molecular weight is 466 g/mol. The molecule has 0 aromatic heterocycles. The van der Waals surface area contributed by atoms with Crippen LogP contribution >= 0.6 is 11.8 Å². The SMILES string of the molecule is CCOC(=O)OC(C)OC(=O)[C@@H]1N2C(=O)[C@@H](NC(=O)[C@H](N)c3ccccc3)[C@@H]2SC1(C)C. The second kappa shape index (κ2) is 9.37. The van der Waals surface area contributed by atoms with E-state index in [1.165, 1.54) is 23.6 Å². The average Bonchev–Trinajstić information content (AvgIpc) is 2.99. The van der Waals surface area contributed by atoms with Gasteiger partial charge in [-0.15, -0.1) is 11.8 Å². The van der Waals surface area contributed by atoms with Crippen LogP contribution in [0.4, 0.5) is 4.79 Å². The second-order valence-electron chi connectivity index (χ2n) is 7.94. The first-order valence-electron chi connectivity index (χ1n) is 10.2. The predicted octanol–water partition coefficient (Wildman–Crippen LogP) is 1.30. The molecule has 0 aliphatic carbocycles. The number of esters is 1. The van der Waals surface area contributed by atoms with Crippen LogP contribution < -0.4 is 11.1 Å². The van der Waals surface area contributed by atoms with Crippen molar-refractivity contribution in [2.75, 3.05) is 6.61 Å². The highest BCUT2D eigenvalue weighted by atomic mass is 32.2. The Labute approximate surface area is 190 Å². The number of β-lactam (4-membered cyclic amide) rings is 1. The molecule has 1 aromatic rings. The zero-order valence-electron chi connectivity index (χ0n) is 18.3. The summed E-state index contributed by atoms with van der Waals surface area (Å²) < 4.78 is 14.0. The Bertz CT molecular complexity index is 895. The van der Waals surface area contributed by atoms with Gasteiger partial charge < -0.3 is 30.2 Å². The van der Waals surface area contributed by atoms with Gasteiger partial charge in [0.25, 0.3) is 0 Å². The van der Waals surface area contributed by atoms with Crippen molar-refractivity contribution in [1.82, 2.24) is 10.2 Å². The molecule has 174 valence electrons. The summed E-state index contributed by atoms with van der Waals surface area (Å²) in [5.41, 5.74) is 6.65. The fourth-order valence-electron chi connectivity index (χ4n) is 3.72. The van der Waals surface area contributed by atoms with Crippen molar-refractivity contribution in [2.24, 2.45) is 5.73 Å². The minimum Gasteiger partial charge on any atom is -0.435 e. The maximum atomic E-state index is 12.8. The fourth-order valence-corrected chi connectivity index (χ4v) is 5.34. The van der Waals surface area contributed by atoms with Crippen LogP contribution in [0.1, 0.15) is 39.3 Å². The van der Waals surface area contributed by atoms with Gasteiger partial charge in [-0.2, -0.15) is 0 Å². The lowest BCUT2D eigenvalue weighted by Crippen LogP contribution is -2.71. The lowest BCUT2D eigenvalue weighted by Gasteiger charge is -2.44. The number of nitrogens with two attached hydrogens (primary N) is 1. The molecular weight excluding hydrogens is 438 g/mol. The number of hydrogen-bond acceptors (Lipinski definition) is 9. The minimum absolute atomic E-state index is 0.122. The van der Waals surface area contributed by atoms with Gasteiger partial charge in [-0.1, -0.05) is 30.3 Å². The van der Waals surface area contributed by atoms with E-state index < -0.39 is 58.5 Å². The van der Waals surface area contributed by atoms with Crippen molar-refractivity contribution in [1.29, 1.82) is 0 Å². The van der Waals surface area contributed by atoms with Gasteiger partial charge in [-0.3, -0.25) is 9.59 Å². The van der Waals surface area contributed by atoms with E-state index in [9.17, 15) is 19.2 Å². The standard InChI is InChI=1S/C21H27N3O7S/c1-5-29-20(28)31-11(2)30-19(27)15-21(3,4)32-18-14(17(26)24(15)18)23-16(25)13(22)12-9-7-6-8-10-12/h6-11,13-15,18H,5,22H2,1-4H3,(H,23,25)/t11?,13-,14-,15+,18+/m1/s1. The van der Waals surface area contributed by atoms with Crippen LogP contribution in [0, 0.1) is 0 Å². The molecule has 0 radical (unpaired) electrons. The molecule has 2 fully saturated rings. The summed E-state index contributed by atoms with van der Waals surface area (Å²) in [5.74, 6) is -1.58. The van der Waals surface area contributed by atoms with Gasteiger partial charge in [-0.25, -0.2) is 9.59 Å². The van der Waals surface area contributed by atoms with Crippen LogP contribution in [-0.4, -0.2) is 63.9 Å². The summed E-state index contributed by atoms with van der Waals surface area (Å²) in [6.45, 7) is 6.74. The molecule has 2 amide bonds. The normalized spacial score (nSPS) is 25.1. The van der Waals surface area contributed by atoms with Crippen molar-refractivity contribution in [2.45, 2.75) is 62.2 Å². The quantitative estimate of drug-likeness (QED) is 0.347. The van der Waals surface area contributed by atoms with Crippen LogP contribution in [0.15, 0.2) is 30.3 Å². The van der Waals surface area contributed by atoms with E-state index in [4.69, 9.17) is 15.2 Å². The number of hydrogen-bond donors (Lipinski definition) is 2. The Morgan fingerprint density at radius 1 is 1.22 bits per heavy atom. The van der Waals surface area contributed by atoms with E-state index in [0.717, 1.165) is 0 Å². The highest BCUT2D eigenvalue weighted by molar-refractivity contribution is 8.01. The Morgan fingerprint density at radius 2 is 1.88 bits per heavy atom. The lowest BCUT2D eigenvalue weighted by atomic mass is 9.95. The smallest absolute Gasteiger partial charge is 0.435 e. The van der Waals surface area contributed by atoms with Crippen molar-refractivity contribution in [3.63, 3.8) is 0 Å². The maximum absolute atomic E-state index is 12.8. The third-order valence-corrected chi connectivity index (χ3v) is 6.78. The monoisotopic (exact) mass is 465 g/mol. The molecule has 2 heterocycles. The van der Waals surface area contributed by atoms with Crippen LogP contribution in [0.2, 0.25) is 0 Å². The molecule has 2 aliphatic rings. The largest absolute Gasteiger partial charge is 0.511 e. The number of rotatable bonds is 7. The predicted molar refractivity (Wildman–Crippen MR) is 115 cm³/mol. The first-order chi connectivity index (χ1) is 15.1. The highest BCUT2D eigenvalue weighted by Crippen LogP contribution is 2.51. The van der Waals surface area contributed by atoms with E-state index in [1.54, 1.807) is 45.0 Å². The number of nitrogens with one attached hydrogen (secondary N) is 1. The number of amides is 2. The Kier molecular flexibility index (Phi) is 6.99. The van der Waals surface area contributed by atoms with Crippen LogP contribution in [0.5, 0.6) is 0 Å². The van der Waals surface area contributed by atoms with E-state index in [0.29, 0.717) is 5.56 Å². The molecule has 3 N–H and O–H groups in total. The first-order valence-corrected chi connectivity index (χ1v) is 11.1. The number of carbonyl (C=O) groups is 4. The zero-order valence-corrected chi connectivity index (χ0v) is 19.1. The highest BCUT2D eigenvalue weighted by Gasteiger charge is 2.64. The van der Waals surface area contributed by atoms with Crippen molar-refractivity contribution in [3.8, 4) is 0 Å². The van der Waals surface area contributed by atoms with Crippen molar-refractivity contribution in [3.05, 3.63) is 35.9 Å². The molecule has 1 aromatic carbocycles. The van der Waals surface area contributed by atoms with Crippen LogP contribution in [-0.2, 0) is 28.6 Å². The van der Waals surface area contributed by atoms with E-state index >= 15 is 0 Å². The molecule has 2 aliphatic heterocycles. The molecule has 2 saturated heterocycles. The molecule has 0 spiro atoms. The van der Waals surface area contributed by atoms with Gasteiger partial charge in [0.1, 0.15) is 23.5 Å². The number of benzene rings is 1. The third kappa shape index (κ3) is 4.68. The van der Waals surface area contributed by atoms with Crippen molar-refractivity contribution < 1.29 is 33.4 Å². The van der Waals surface area contributed by atoms with Gasteiger partial charge in [0.15, 0.2) is 0 Å². The Balaban J connectivity index is 1.63. The molecule has 11 heteroatoms. The van der Waals surface area contributed by atoms with E-state index in [-0.39, 0.29) is 6.61 Å². The van der Waals surface area contributed by atoms with Crippen molar-refractivity contribution >= 4 is 35.7 Å². The number of thioether (sulfide) groups is 1. The van der Waals surface area contributed by atoms with Gasteiger partial charge in [-0.05, 0) is 26.3 Å². The van der Waals surface area contributed by atoms with Gasteiger partial charge in [0.05, 0.1) is 6.61 Å². The number of fused-ring (bicyclic) bond motifs is 1. The molecule has 1 unspecified atom stereocenters. The van der Waals surface area contributed by atoms with Crippen LogP contribution in [0.3, 0.4) is 0 Å². The van der Waals surface area contributed by atoms with Gasteiger partial charge in [0, 0.05) is 11.7 Å². The van der Waals surface area contributed by atoms with E-state index in [1.807, 2.05) is 6.07 Å². The Hall–Kier alpha value is -2.79. The first kappa shape index (κ1) is 23.9. The lowest BCUT2D eigenvalue weighted by molar-refractivity contribution is -0.180. The topological polar surface area (TPSA) is 137 Å².